The number of amides is 1. The molecule has 9 heteroatoms. The molecule has 8 nitrogen and oxygen atoms in total. The third kappa shape index (κ3) is 3.50. The Morgan fingerprint density at radius 2 is 1.94 bits per heavy atom. The van der Waals surface area contributed by atoms with Crippen LogP contribution in [0.1, 0.15) is 10.4 Å². The highest BCUT2D eigenvalue weighted by molar-refractivity contribution is 7.89. The minimum atomic E-state index is -3.90. The summed E-state index contributed by atoms with van der Waals surface area (Å²) in [5.41, 5.74) is 5.25. The standard InChI is InChI=1S/C9H13N5O3S/c1-14(2)13-12-8-4-3-6(18(11,16)17)5-7(8)9(10)15/h3-5H,1-2H3,(H2,10,15)(H2,11,16,17). The van der Waals surface area contributed by atoms with Crippen LogP contribution in [0.4, 0.5) is 5.69 Å². The molecular formula is C9H13N5O3S. The molecule has 0 bridgehead atoms. The van der Waals surface area contributed by atoms with Crippen molar-refractivity contribution in [3.8, 4) is 0 Å². The summed E-state index contributed by atoms with van der Waals surface area (Å²) in [6.07, 6.45) is 0. The van der Waals surface area contributed by atoms with Crippen LogP contribution in [0.2, 0.25) is 0 Å². The summed E-state index contributed by atoms with van der Waals surface area (Å²) in [5, 5.41) is 13.8. The Hall–Kier alpha value is -2.00. The molecule has 1 rings (SSSR count). The van der Waals surface area contributed by atoms with Gasteiger partial charge in [0.25, 0.3) is 5.91 Å². The largest absolute Gasteiger partial charge is 0.366 e. The fourth-order valence-electron chi connectivity index (χ4n) is 1.11. The molecule has 0 radical (unpaired) electrons. The number of carbonyl (C=O) groups excluding carboxylic acids is 1. The van der Waals surface area contributed by atoms with E-state index in [0.29, 0.717) is 0 Å². The van der Waals surface area contributed by atoms with E-state index in [2.05, 4.69) is 10.3 Å². The van der Waals surface area contributed by atoms with E-state index in [0.717, 1.165) is 6.07 Å². The van der Waals surface area contributed by atoms with E-state index in [1.807, 2.05) is 0 Å². The minimum Gasteiger partial charge on any atom is -0.366 e. The number of carbonyl (C=O) groups is 1. The lowest BCUT2D eigenvalue weighted by Gasteiger charge is -2.05. The van der Waals surface area contributed by atoms with Crippen LogP contribution in [0.3, 0.4) is 0 Å². The average Bonchev–Trinajstić information content (AvgIpc) is 2.24. The number of benzene rings is 1. The molecule has 0 aliphatic carbocycles. The zero-order chi connectivity index (χ0) is 13.9. The normalized spacial score (nSPS) is 11.7. The van der Waals surface area contributed by atoms with Crippen molar-refractivity contribution in [1.82, 2.24) is 5.01 Å². The van der Waals surface area contributed by atoms with Crippen LogP contribution in [0.15, 0.2) is 33.4 Å². The van der Waals surface area contributed by atoms with Gasteiger partial charge in [0.2, 0.25) is 10.0 Å². The van der Waals surface area contributed by atoms with Crippen LogP contribution in [-0.2, 0) is 10.0 Å². The van der Waals surface area contributed by atoms with Gasteiger partial charge in [0.1, 0.15) is 5.69 Å². The predicted octanol–water partition coefficient (Wildman–Crippen LogP) is -0.00680. The molecule has 0 fully saturated rings. The molecule has 1 aromatic carbocycles. The summed E-state index contributed by atoms with van der Waals surface area (Å²) in [6, 6.07) is 3.61. The number of hydrogen-bond acceptors (Lipinski definition) is 5. The number of primary amides is 1. The summed E-state index contributed by atoms with van der Waals surface area (Å²) in [7, 11) is -0.607. The van der Waals surface area contributed by atoms with E-state index in [1.54, 1.807) is 14.1 Å². The Morgan fingerprint density at radius 3 is 2.39 bits per heavy atom. The van der Waals surface area contributed by atoms with Crippen molar-refractivity contribution in [2.24, 2.45) is 21.2 Å². The molecule has 0 spiro atoms. The molecular weight excluding hydrogens is 258 g/mol. The molecule has 18 heavy (non-hydrogen) atoms. The monoisotopic (exact) mass is 271 g/mol. The first-order valence-corrected chi connectivity index (χ1v) is 6.32. The zero-order valence-electron chi connectivity index (χ0n) is 9.86. The van der Waals surface area contributed by atoms with Gasteiger partial charge in [-0.3, -0.25) is 9.80 Å². The van der Waals surface area contributed by atoms with E-state index in [4.69, 9.17) is 10.9 Å². The van der Waals surface area contributed by atoms with E-state index >= 15 is 0 Å². The second-order valence-electron chi connectivity index (χ2n) is 3.62. The van der Waals surface area contributed by atoms with E-state index in [-0.39, 0.29) is 16.1 Å². The van der Waals surface area contributed by atoms with Crippen LogP contribution < -0.4 is 10.9 Å². The van der Waals surface area contributed by atoms with Gasteiger partial charge in [-0.15, -0.1) is 5.11 Å². The first kappa shape index (κ1) is 14.1. The fourth-order valence-corrected chi connectivity index (χ4v) is 1.65. The lowest BCUT2D eigenvalue weighted by molar-refractivity contribution is 0.100. The Morgan fingerprint density at radius 1 is 1.33 bits per heavy atom. The quantitative estimate of drug-likeness (QED) is 0.589. The average molecular weight is 271 g/mol. The van der Waals surface area contributed by atoms with Crippen molar-refractivity contribution < 1.29 is 13.2 Å². The molecule has 98 valence electrons. The molecule has 0 aliphatic rings. The van der Waals surface area contributed by atoms with Crippen LogP contribution in [0.5, 0.6) is 0 Å². The van der Waals surface area contributed by atoms with Crippen molar-refractivity contribution in [3.05, 3.63) is 23.8 Å². The van der Waals surface area contributed by atoms with Crippen molar-refractivity contribution in [2.75, 3.05) is 14.1 Å². The fraction of sp³-hybridized carbons (Fsp3) is 0.222. The highest BCUT2D eigenvalue weighted by Gasteiger charge is 2.14. The van der Waals surface area contributed by atoms with Gasteiger partial charge < -0.3 is 5.73 Å². The van der Waals surface area contributed by atoms with Crippen molar-refractivity contribution >= 4 is 21.6 Å². The maximum absolute atomic E-state index is 11.2. The van der Waals surface area contributed by atoms with Gasteiger partial charge >= 0.3 is 0 Å². The first-order valence-electron chi connectivity index (χ1n) is 4.77. The van der Waals surface area contributed by atoms with E-state index in [1.165, 1.54) is 17.1 Å². The van der Waals surface area contributed by atoms with Crippen LogP contribution in [0, 0.1) is 0 Å². The van der Waals surface area contributed by atoms with Crippen LogP contribution >= 0.6 is 0 Å². The Balaban J connectivity index is 3.34. The third-order valence-corrected chi connectivity index (χ3v) is 2.80. The summed E-state index contributed by atoms with van der Waals surface area (Å²) in [6.45, 7) is 0. The number of rotatable bonds is 4. The summed E-state index contributed by atoms with van der Waals surface area (Å²) in [5.74, 6) is -0.812. The van der Waals surface area contributed by atoms with Gasteiger partial charge in [0, 0.05) is 14.1 Å². The SMILES string of the molecule is CN(C)N=Nc1ccc(S(N)(=O)=O)cc1C(N)=O. The van der Waals surface area contributed by atoms with Crippen molar-refractivity contribution in [3.63, 3.8) is 0 Å². The van der Waals surface area contributed by atoms with E-state index < -0.39 is 15.9 Å². The Bertz CT molecular complexity index is 594. The second kappa shape index (κ2) is 5.10. The number of primary sulfonamides is 1. The molecule has 4 N–H and O–H groups in total. The molecule has 0 unspecified atom stereocenters. The minimum absolute atomic E-state index is 0.0628. The Labute approximate surface area is 104 Å². The molecule has 1 amide bonds. The highest BCUT2D eigenvalue weighted by Crippen LogP contribution is 2.22. The predicted molar refractivity (Wildman–Crippen MR) is 64.5 cm³/mol. The molecule has 0 atom stereocenters. The zero-order valence-corrected chi connectivity index (χ0v) is 10.7. The molecule has 0 aliphatic heterocycles. The van der Waals surface area contributed by atoms with Crippen LogP contribution in [0.25, 0.3) is 0 Å². The number of hydrogen-bond donors (Lipinski definition) is 2. The van der Waals surface area contributed by atoms with Gasteiger partial charge in [0.05, 0.1) is 10.5 Å². The smallest absolute Gasteiger partial charge is 0.251 e. The van der Waals surface area contributed by atoms with Gasteiger partial charge in [-0.05, 0) is 18.2 Å². The maximum atomic E-state index is 11.2. The molecule has 1 aromatic rings. The lowest BCUT2D eigenvalue weighted by atomic mass is 10.2. The second-order valence-corrected chi connectivity index (χ2v) is 5.19. The number of sulfonamides is 1. The molecule has 0 heterocycles. The topological polar surface area (TPSA) is 131 Å². The van der Waals surface area contributed by atoms with Crippen molar-refractivity contribution in [1.29, 1.82) is 0 Å². The van der Waals surface area contributed by atoms with Crippen LogP contribution in [-0.4, -0.2) is 33.4 Å². The van der Waals surface area contributed by atoms with Gasteiger partial charge in [-0.2, -0.15) is 0 Å². The lowest BCUT2D eigenvalue weighted by Crippen LogP contribution is -2.15. The summed E-state index contributed by atoms with van der Waals surface area (Å²) in [4.78, 5) is 11.0. The van der Waals surface area contributed by atoms with Gasteiger partial charge in [-0.25, -0.2) is 13.6 Å². The number of nitrogens with zero attached hydrogens (tertiary/aromatic N) is 3. The van der Waals surface area contributed by atoms with E-state index in [9.17, 15) is 13.2 Å². The van der Waals surface area contributed by atoms with Gasteiger partial charge in [0.15, 0.2) is 0 Å². The van der Waals surface area contributed by atoms with Crippen molar-refractivity contribution in [2.45, 2.75) is 4.90 Å². The highest BCUT2D eigenvalue weighted by atomic mass is 32.2. The molecule has 0 aromatic heterocycles. The molecule has 0 saturated carbocycles. The maximum Gasteiger partial charge on any atom is 0.251 e. The molecule has 0 saturated heterocycles. The summed E-state index contributed by atoms with van der Waals surface area (Å²) >= 11 is 0. The Kier molecular flexibility index (Phi) is 3.99. The first-order chi connectivity index (χ1) is 8.21. The number of nitrogens with two attached hydrogens (primary N) is 2. The summed E-state index contributed by atoms with van der Waals surface area (Å²) < 4.78 is 22.3. The van der Waals surface area contributed by atoms with Gasteiger partial charge in [-0.1, -0.05) is 5.22 Å². The third-order valence-electron chi connectivity index (χ3n) is 1.89.